The summed E-state index contributed by atoms with van der Waals surface area (Å²) in [5, 5.41) is 14.3. The van der Waals surface area contributed by atoms with Crippen molar-refractivity contribution in [3.63, 3.8) is 0 Å². The number of aryl methyl sites for hydroxylation is 1. The Hall–Kier alpha value is -3.50. The van der Waals surface area contributed by atoms with Gasteiger partial charge in [-0.25, -0.2) is 9.18 Å². The first-order valence-corrected chi connectivity index (χ1v) is 12.0. The minimum atomic E-state index is -1.12. The highest BCUT2D eigenvalue weighted by Crippen LogP contribution is 2.39. The van der Waals surface area contributed by atoms with Gasteiger partial charge in [0.05, 0.1) is 21.8 Å². The number of thiocarbonyl (C=S) groups is 1. The monoisotopic (exact) mass is 511 g/mol. The number of halogens is 1. The van der Waals surface area contributed by atoms with Gasteiger partial charge in [0, 0.05) is 0 Å². The third-order valence-corrected chi connectivity index (χ3v) is 6.68. The lowest BCUT2D eigenvalue weighted by Crippen LogP contribution is -2.47. The molecule has 2 heterocycles. The van der Waals surface area contributed by atoms with Gasteiger partial charge in [-0.05, 0) is 55.3 Å². The molecule has 0 radical (unpaired) electrons. The van der Waals surface area contributed by atoms with E-state index in [0.717, 1.165) is 22.3 Å². The van der Waals surface area contributed by atoms with E-state index in [1.165, 1.54) is 24.3 Å². The van der Waals surface area contributed by atoms with Gasteiger partial charge in [-0.2, -0.15) is 9.78 Å². The number of carbonyl (C=O) groups excluding carboxylic acids is 1. The fourth-order valence-corrected chi connectivity index (χ4v) is 5.00. The molecule has 3 aromatic rings. The van der Waals surface area contributed by atoms with E-state index in [1.807, 2.05) is 30.3 Å². The van der Waals surface area contributed by atoms with Crippen LogP contribution in [0, 0.1) is 18.7 Å². The van der Waals surface area contributed by atoms with Gasteiger partial charge in [-0.15, -0.1) is 0 Å². The molecule has 1 aliphatic rings. The predicted molar refractivity (Wildman–Crippen MR) is 136 cm³/mol. The highest BCUT2D eigenvalue weighted by molar-refractivity contribution is 8.26. The number of benzene rings is 2. The first-order chi connectivity index (χ1) is 16.7. The van der Waals surface area contributed by atoms with E-state index in [2.05, 4.69) is 5.10 Å². The van der Waals surface area contributed by atoms with Gasteiger partial charge in [0.2, 0.25) is 5.88 Å². The van der Waals surface area contributed by atoms with E-state index < -0.39 is 23.7 Å². The number of amides is 1. The average molecular weight is 512 g/mol. The second-order valence-electron chi connectivity index (χ2n) is 8.19. The lowest BCUT2D eigenvalue weighted by Gasteiger charge is -2.26. The smallest absolute Gasteiger partial charge is 0.327 e. The molecule has 0 saturated carbocycles. The van der Waals surface area contributed by atoms with Crippen LogP contribution in [-0.4, -0.2) is 42.0 Å². The Morgan fingerprint density at radius 1 is 1.17 bits per heavy atom. The first-order valence-electron chi connectivity index (χ1n) is 10.8. The molecule has 0 bridgehead atoms. The van der Waals surface area contributed by atoms with Crippen molar-refractivity contribution in [2.75, 3.05) is 0 Å². The van der Waals surface area contributed by atoms with Crippen LogP contribution in [0.5, 0.6) is 11.6 Å². The molecule has 7 nitrogen and oxygen atoms in total. The molecule has 1 saturated heterocycles. The fourth-order valence-electron chi connectivity index (χ4n) is 3.69. The molecular formula is C25H22FN3O4S2. The Morgan fingerprint density at radius 2 is 1.83 bits per heavy atom. The number of ether oxygens (including phenoxy) is 1. The molecule has 2 aromatic carbocycles. The maximum Gasteiger partial charge on any atom is 0.327 e. The Bertz CT molecular complexity index is 1320. The van der Waals surface area contributed by atoms with Crippen molar-refractivity contribution in [1.82, 2.24) is 14.7 Å². The second-order valence-corrected chi connectivity index (χ2v) is 9.86. The Labute approximate surface area is 211 Å². The number of aromatic nitrogens is 2. The molecule has 0 spiro atoms. The number of thioether (sulfide) groups is 1. The molecule has 0 aliphatic carbocycles. The van der Waals surface area contributed by atoms with Gasteiger partial charge in [-0.1, -0.05) is 56.0 Å². The Kier molecular flexibility index (Phi) is 7.04. The van der Waals surface area contributed by atoms with E-state index in [4.69, 9.17) is 17.0 Å². The lowest BCUT2D eigenvalue weighted by molar-refractivity contribution is -0.146. The zero-order valence-electron chi connectivity index (χ0n) is 19.1. The van der Waals surface area contributed by atoms with Crippen molar-refractivity contribution in [2.24, 2.45) is 5.92 Å². The molecular weight excluding hydrogens is 489 g/mol. The number of hydrogen-bond acceptors (Lipinski definition) is 6. The minimum Gasteiger partial charge on any atom is -0.480 e. The number of carboxylic acids is 1. The molecule has 1 atom stereocenters. The summed E-state index contributed by atoms with van der Waals surface area (Å²) < 4.78 is 21.3. The van der Waals surface area contributed by atoms with E-state index in [9.17, 15) is 19.1 Å². The molecule has 1 aromatic heterocycles. The van der Waals surface area contributed by atoms with Crippen LogP contribution >= 0.6 is 24.0 Å². The van der Waals surface area contributed by atoms with Gasteiger partial charge < -0.3 is 9.84 Å². The standard InChI is InChI=1S/C25H22FN3O4S2/c1-14(2)21(24(31)32)28-22(30)20(35-25(28)34)13-19-15(3)27-29(17-7-5-4-6-8-17)23(19)33-18-11-9-16(26)10-12-18/h4-14,21H,1-3H3,(H,31,32)/b20-13-/t21-/m0/s1. The van der Waals surface area contributed by atoms with Gasteiger partial charge in [0.15, 0.2) is 0 Å². The van der Waals surface area contributed by atoms with Crippen LogP contribution in [0.1, 0.15) is 25.1 Å². The fraction of sp³-hybridized carbons (Fsp3) is 0.200. The summed E-state index contributed by atoms with van der Waals surface area (Å²) >= 11 is 6.40. The van der Waals surface area contributed by atoms with Crippen molar-refractivity contribution in [2.45, 2.75) is 26.8 Å². The van der Waals surface area contributed by atoms with Crippen molar-refractivity contribution < 1.29 is 23.8 Å². The van der Waals surface area contributed by atoms with Crippen LogP contribution in [0.25, 0.3) is 11.8 Å². The van der Waals surface area contributed by atoms with Crippen LogP contribution in [0.15, 0.2) is 59.5 Å². The number of carbonyl (C=O) groups is 2. The molecule has 10 heteroatoms. The quantitative estimate of drug-likeness (QED) is 0.335. The second kappa shape index (κ2) is 10.0. The van der Waals surface area contributed by atoms with E-state index in [0.29, 0.717) is 22.9 Å². The number of nitrogens with zero attached hydrogens (tertiary/aromatic N) is 3. The molecule has 0 unspecified atom stereocenters. The van der Waals surface area contributed by atoms with Crippen molar-refractivity contribution in [3.05, 3.63) is 76.6 Å². The third-order valence-electron chi connectivity index (χ3n) is 5.35. The topological polar surface area (TPSA) is 84.7 Å². The zero-order chi connectivity index (χ0) is 25.3. The summed E-state index contributed by atoms with van der Waals surface area (Å²) in [7, 11) is 0. The van der Waals surface area contributed by atoms with Crippen molar-refractivity contribution in [1.29, 1.82) is 0 Å². The molecule has 1 aliphatic heterocycles. The van der Waals surface area contributed by atoms with Crippen LogP contribution in [0.4, 0.5) is 4.39 Å². The predicted octanol–water partition coefficient (Wildman–Crippen LogP) is 5.42. The van der Waals surface area contributed by atoms with Crippen LogP contribution < -0.4 is 4.74 Å². The number of carboxylic acid groups (broad SMARTS) is 1. The Morgan fingerprint density at radius 3 is 2.43 bits per heavy atom. The number of para-hydroxylation sites is 1. The molecule has 35 heavy (non-hydrogen) atoms. The molecule has 4 rings (SSSR count). The zero-order valence-corrected chi connectivity index (χ0v) is 20.8. The summed E-state index contributed by atoms with van der Waals surface area (Å²) in [6.45, 7) is 5.23. The molecule has 1 fully saturated rings. The number of rotatable bonds is 7. The highest BCUT2D eigenvalue weighted by Gasteiger charge is 2.42. The van der Waals surface area contributed by atoms with Gasteiger partial charge >= 0.3 is 5.97 Å². The summed E-state index contributed by atoms with van der Waals surface area (Å²) in [5.74, 6) is -1.63. The van der Waals surface area contributed by atoms with Gasteiger partial charge in [0.1, 0.15) is 21.9 Å². The van der Waals surface area contributed by atoms with Gasteiger partial charge in [0.25, 0.3) is 5.91 Å². The van der Waals surface area contributed by atoms with E-state index in [-0.39, 0.29) is 15.1 Å². The molecule has 180 valence electrons. The van der Waals surface area contributed by atoms with Crippen molar-refractivity contribution >= 4 is 46.3 Å². The first kappa shape index (κ1) is 24.6. The summed E-state index contributed by atoms with van der Waals surface area (Å²) in [6.07, 6.45) is 1.61. The highest BCUT2D eigenvalue weighted by atomic mass is 32.2. The molecule has 1 amide bonds. The maximum atomic E-state index is 13.4. The normalized spacial score (nSPS) is 15.8. The number of hydrogen-bond donors (Lipinski definition) is 1. The SMILES string of the molecule is Cc1nn(-c2ccccc2)c(Oc2ccc(F)cc2)c1/C=C1\SC(=S)N([C@H](C(=O)O)C(C)C)C1=O. The summed E-state index contributed by atoms with van der Waals surface area (Å²) in [4.78, 5) is 26.5. The summed E-state index contributed by atoms with van der Waals surface area (Å²) in [6, 6.07) is 13.8. The third kappa shape index (κ3) is 4.98. The average Bonchev–Trinajstić information content (AvgIpc) is 3.26. The minimum absolute atomic E-state index is 0.177. The van der Waals surface area contributed by atoms with Gasteiger partial charge in [-0.3, -0.25) is 9.69 Å². The maximum absolute atomic E-state index is 13.4. The van der Waals surface area contributed by atoms with Crippen LogP contribution in [-0.2, 0) is 9.59 Å². The number of aliphatic carboxylic acids is 1. The molecule has 1 N–H and O–H groups in total. The van der Waals surface area contributed by atoms with Crippen LogP contribution in [0.2, 0.25) is 0 Å². The lowest BCUT2D eigenvalue weighted by atomic mass is 10.0. The Balaban J connectivity index is 1.80. The summed E-state index contributed by atoms with van der Waals surface area (Å²) in [5.41, 5.74) is 1.83. The van der Waals surface area contributed by atoms with E-state index in [1.54, 1.807) is 31.5 Å². The van der Waals surface area contributed by atoms with Crippen LogP contribution in [0.3, 0.4) is 0 Å². The largest absolute Gasteiger partial charge is 0.480 e. The van der Waals surface area contributed by atoms with E-state index >= 15 is 0 Å². The van der Waals surface area contributed by atoms with Crippen molar-refractivity contribution in [3.8, 4) is 17.3 Å².